The lowest BCUT2D eigenvalue weighted by atomic mass is 10.1. The Bertz CT molecular complexity index is 1280. The van der Waals surface area contributed by atoms with E-state index in [1.165, 1.54) is 0 Å². The minimum Gasteiger partial charge on any atom is -0.383 e. The fraction of sp³-hybridized carbons (Fsp3) is 0.208. The van der Waals surface area contributed by atoms with Gasteiger partial charge in [0.2, 0.25) is 5.56 Å². The lowest BCUT2D eigenvalue weighted by Crippen LogP contribution is -2.33. The molecule has 1 aromatic carbocycles. The summed E-state index contributed by atoms with van der Waals surface area (Å²) in [5.41, 5.74) is 4.54. The van der Waals surface area contributed by atoms with Gasteiger partial charge in [0, 0.05) is 61.7 Å². The van der Waals surface area contributed by atoms with Crippen LogP contribution >= 0.6 is 0 Å². The molecule has 0 spiro atoms. The first-order chi connectivity index (χ1) is 15.6. The molecular formula is C24H25N5O3. The number of methoxy groups -OCH3 is 1. The molecule has 0 aliphatic heterocycles. The van der Waals surface area contributed by atoms with Gasteiger partial charge >= 0.3 is 0 Å². The molecule has 0 aliphatic carbocycles. The van der Waals surface area contributed by atoms with E-state index in [2.05, 4.69) is 15.3 Å². The molecule has 4 rings (SSSR count). The van der Waals surface area contributed by atoms with Crippen LogP contribution in [0.25, 0.3) is 16.9 Å². The summed E-state index contributed by atoms with van der Waals surface area (Å²) in [7, 11) is 1.63. The molecular weight excluding hydrogens is 406 g/mol. The van der Waals surface area contributed by atoms with Gasteiger partial charge in [0.1, 0.15) is 0 Å². The molecule has 3 heterocycles. The van der Waals surface area contributed by atoms with E-state index in [0.717, 1.165) is 28.3 Å². The second-order valence-corrected chi connectivity index (χ2v) is 7.27. The highest BCUT2D eigenvalue weighted by Gasteiger charge is 2.14. The zero-order chi connectivity index (χ0) is 22.5. The molecule has 0 saturated heterocycles. The Hall–Kier alpha value is -3.91. The predicted molar refractivity (Wildman–Crippen MR) is 124 cm³/mol. The Kier molecular flexibility index (Phi) is 6.32. The number of carbonyl (C=O) groups is 1. The first-order valence-corrected chi connectivity index (χ1v) is 10.4. The maximum atomic E-state index is 12.7. The molecule has 32 heavy (non-hydrogen) atoms. The summed E-state index contributed by atoms with van der Waals surface area (Å²) in [6, 6.07) is 14.7. The maximum absolute atomic E-state index is 12.7. The fourth-order valence-electron chi connectivity index (χ4n) is 3.59. The Morgan fingerprint density at radius 3 is 2.72 bits per heavy atom. The van der Waals surface area contributed by atoms with Gasteiger partial charge in [0.25, 0.3) is 5.91 Å². The fourth-order valence-corrected chi connectivity index (χ4v) is 3.59. The third-order valence-corrected chi connectivity index (χ3v) is 5.27. The number of nitrogens with one attached hydrogen (secondary N) is 2. The summed E-state index contributed by atoms with van der Waals surface area (Å²) < 4.78 is 7.02. The van der Waals surface area contributed by atoms with Gasteiger partial charge in [0.05, 0.1) is 18.0 Å². The molecule has 0 saturated carbocycles. The van der Waals surface area contributed by atoms with E-state index in [0.29, 0.717) is 25.3 Å². The largest absolute Gasteiger partial charge is 0.383 e. The van der Waals surface area contributed by atoms with E-state index >= 15 is 0 Å². The number of anilines is 2. The molecule has 8 nitrogen and oxygen atoms in total. The molecule has 8 heteroatoms. The number of pyridine rings is 2. The van der Waals surface area contributed by atoms with Crippen LogP contribution < -0.4 is 10.9 Å². The van der Waals surface area contributed by atoms with Crippen molar-refractivity contribution >= 4 is 22.9 Å². The van der Waals surface area contributed by atoms with Gasteiger partial charge in [-0.3, -0.25) is 14.0 Å². The smallest absolute Gasteiger partial charge is 0.253 e. The van der Waals surface area contributed by atoms with Crippen molar-refractivity contribution < 1.29 is 9.53 Å². The van der Waals surface area contributed by atoms with Gasteiger partial charge in [-0.25, -0.2) is 4.98 Å². The lowest BCUT2D eigenvalue weighted by molar-refractivity contribution is 0.0706. The van der Waals surface area contributed by atoms with E-state index in [1.807, 2.05) is 60.0 Å². The summed E-state index contributed by atoms with van der Waals surface area (Å²) in [5.74, 6) is -0.0195. The first kappa shape index (κ1) is 21.3. The number of carbonyl (C=O) groups excluding carboxylic acids is 1. The highest BCUT2D eigenvalue weighted by Crippen LogP contribution is 2.27. The van der Waals surface area contributed by atoms with Gasteiger partial charge < -0.3 is 19.9 Å². The maximum Gasteiger partial charge on any atom is 0.253 e. The Morgan fingerprint density at radius 1 is 1.19 bits per heavy atom. The van der Waals surface area contributed by atoms with Crippen molar-refractivity contribution in [2.24, 2.45) is 0 Å². The number of hydrogen-bond donors (Lipinski definition) is 2. The van der Waals surface area contributed by atoms with Gasteiger partial charge in [0.15, 0.2) is 5.65 Å². The number of nitrogens with zero attached hydrogens (tertiary/aromatic N) is 3. The molecule has 0 bridgehead atoms. The Labute approximate surface area is 185 Å². The predicted octanol–water partition coefficient (Wildman–Crippen LogP) is 3.54. The number of likely N-dealkylation sites (N-methyl/N-ethyl adjacent to an activating group) is 1. The van der Waals surface area contributed by atoms with Crippen LogP contribution in [0.3, 0.4) is 0 Å². The van der Waals surface area contributed by atoms with Gasteiger partial charge in [-0.15, -0.1) is 0 Å². The standard InChI is InChI=1S/C24H25N5O3/c1-3-28(14-15-32-2)24(31)17-4-6-19(7-5-17)27-20-8-9-21(29-13-12-26-23(20)29)18-10-11-25-22(30)16-18/h4-13,16,27H,3,14-15H2,1-2H3,(H,25,30). The van der Waals surface area contributed by atoms with Crippen LogP contribution in [-0.4, -0.2) is 52.0 Å². The number of rotatable bonds is 8. The molecule has 0 fully saturated rings. The normalized spacial score (nSPS) is 10.9. The van der Waals surface area contributed by atoms with E-state index in [1.54, 1.807) is 30.5 Å². The summed E-state index contributed by atoms with van der Waals surface area (Å²) >= 11 is 0. The average molecular weight is 431 g/mol. The monoisotopic (exact) mass is 431 g/mol. The molecule has 164 valence electrons. The SMILES string of the molecule is CCN(CCOC)C(=O)c1ccc(Nc2ccc(-c3cc[nH]c(=O)c3)n3ccnc23)cc1. The Morgan fingerprint density at radius 2 is 2.00 bits per heavy atom. The third kappa shape index (κ3) is 4.40. The minimum atomic E-state index is -0.156. The van der Waals surface area contributed by atoms with E-state index in [-0.39, 0.29) is 11.5 Å². The summed E-state index contributed by atoms with van der Waals surface area (Å²) in [6.07, 6.45) is 5.21. The molecule has 3 aromatic heterocycles. The number of imidazole rings is 1. The number of fused-ring (bicyclic) bond motifs is 1. The quantitative estimate of drug-likeness (QED) is 0.445. The van der Waals surface area contributed by atoms with Crippen molar-refractivity contribution in [3.05, 3.63) is 83.0 Å². The number of H-pyrrole nitrogens is 1. The average Bonchev–Trinajstić information content (AvgIpc) is 3.30. The van der Waals surface area contributed by atoms with Crippen LogP contribution in [0.4, 0.5) is 11.4 Å². The number of ether oxygens (including phenoxy) is 1. The van der Waals surface area contributed by atoms with Gasteiger partial charge in [-0.2, -0.15) is 0 Å². The highest BCUT2D eigenvalue weighted by molar-refractivity contribution is 5.94. The van der Waals surface area contributed by atoms with Crippen molar-refractivity contribution in [1.29, 1.82) is 0 Å². The van der Waals surface area contributed by atoms with Crippen LogP contribution in [0.1, 0.15) is 17.3 Å². The third-order valence-electron chi connectivity index (χ3n) is 5.27. The molecule has 2 N–H and O–H groups in total. The molecule has 0 atom stereocenters. The van der Waals surface area contributed by atoms with Gasteiger partial charge in [-0.1, -0.05) is 0 Å². The molecule has 0 unspecified atom stereocenters. The van der Waals surface area contributed by atoms with Crippen molar-refractivity contribution in [2.75, 3.05) is 32.1 Å². The van der Waals surface area contributed by atoms with Crippen LogP contribution in [-0.2, 0) is 4.74 Å². The van der Waals surface area contributed by atoms with Crippen LogP contribution in [0, 0.1) is 0 Å². The van der Waals surface area contributed by atoms with E-state index < -0.39 is 0 Å². The zero-order valence-corrected chi connectivity index (χ0v) is 18.0. The second kappa shape index (κ2) is 9.49. The van der Waals surface area contributed by atoms with E-state index in [4.69, 9.17) is 4.74 Å². The topological polar surface area (TPSA) is 91.7 Å². The number of benzene rings is 1. The summed E-state index contributed by atoms with van der Waals surface area (Å²) in [6.45, 7) is 3.64. The van der Waals surface area contributed by atoms with Crippen LogP contribution in [0.2, 0.25) is 0 Å². The minimum absolute atomic E-state index is 0.0195. The van der Waals surface area contributed by atoms with Crippen molar-refractivity contribution in [2.45, 2.75) is 6.92 Å². The zero-order valence-electron chi connectivity index (χ0n) is 18.0. The molecule has 4 aromatic rings. The first-order valence-electron chi connectivity index (χ1n) is 10.4. The van der Waals surface area contributed by atoms with E-state index in [9.17, 15) is 9.59 Å². The van der Waals surface area contributed by atoms with Crippen molar-refractivity contribution in [1.82, 2.24) is 19.3 Å². The molecule has 0 aliphatic rings. The molecule has 0 radical (unpaired) electrons. The number of aromatic amines is 1. The number of aromatic nitrogens is 3. The number of hydrogen-bond acceptors (Lipinski definition) is 5. The highest BCUT2D eigenvalue weighted by atomic mass is 16.5. The van der Waals surface area contributed by atoms with Crippen molar-refractivity contribution in [3.63, 3.8) is 0 Å². The van der Waals surface area contributed by atoms with Crippen molar-refractivity contribution in [3.8, 4) is 11.3 Å². The van der Waals surface area contributed by atoms with Crippen LogP contribution in [0.15, 0.2) is 71.9 Å². The Balaban J connectivity index is 1.57. The van der Waals surface area contributed by atoms with Crippen LogP contribution in [0.5, 0.6) is 0 Å². The molecule has 1 amide bonds. The summed E-state index contributed by atoms with van der Waals surface area (Å²) in [5, 5.41) is 3.37. The lowest BCUT2D eigenvalue weighted by Gasteiger charge is -2.20. The second-order valence-electron chi connectivity index (χ2n) is 7.27. The number of amides is 1. The van der Waals surface area contributed by atoms with Gasteiger partial charge in [-0.05, 0) is 49.4 Å². The summed E-state index contributed by atoms with van der Waals surface area (Å²) in [4.78, 5) is 33.3.